The van der Waals surface area contributed by atoms with Crippen LogP contribution in [-0.4, -0.2) is 27.4 Å². The Bertz CT molecular complexity index is 913. The van der Waals surface area contributed by atoms with E-state index in [0.717, 1.165) is 16.7 Å². The van der Waals surface area contributed by atoms with Crippen molar-refractivity contribution in [1.82, 2.24) is 16.2 Å². The minimum Gasteiger partial charge on any atom is -0.355 e. The summed E-state index contributed by atoms with van der Waals surface area (Å²) >= 11 is 0. The van der Waals surface area contributed by atoms with E-state index < -0.39 is 10.0 Å². The standard InChI is InChI=1S/C19H24N4O3S/c1-13-3-2-4-15(11-13)18-17(12-22-23-18)19(24)21-10-9-14-5-7-16(8-6-14)27(20,25)26/h2-8,11,17-18,22-23H,9-10,12H2,1H3,(H,21,24)(H2,20,25,26). The maximum absolute atomic E-state index is 12.6. The van der Waals surface area contributed by atoms with Gasteiger partial charge in [0, 0.05) is 13.1 Å². The van der Waals surface area contributed by atoms with Crippen LogP contribution in [-0.2, 0) is 21.2 Å². The second-order valence-corrected chi connectivity index (χ2v) is 8.31. The largest absolute Gasteiger partial charge is 0.355 e. The number of rotatable bonds is 6. The van der Waals surface area contributed by atoms with E-state index in [4.69, 9.17) is 5.14 Å². The van der Waals surface area contributed by atoms with E-state index in [1.165, 1.54) is 12.1 Å². The highest BCUT2D eigenvalue weighted by Gasteiger charge is 2.33. The number of benzene rings is 2. The number of nitrogens with one attached hydrogen (secondary N) is 3. The molecule has 2 atom stereocenters. The molecule has 1 aliphatic heterocycles. The van der Waals surface area contributed by atoms with Crippen LogP contribution in [0.15, 0.2) is 53.4 Å². The SMILES string of the molecule is Cc1cccc(C2NNCC2C(=O)NCCc2ccc(S(N)(=O)=O)cc2)c1. The number of aryl methyl sites for hydroxylation is 1. The van der Waals surface area contributed by atoms with Gasteiger partial charge < -0.3 is 5.32 Å². The molecule has 8 heteroatoms. The summed E-state index contributed by atoms with van der Waals surface area (Å²) < 4.78 is 22.5. The molecule has 0 radical (unpaired) electrons. The molecule has 2 aromatic carbocycles. The monoisotopic (exact) mass is 388 g/mol. The van der Waals surface area contributed by atoms with Crippen molar-refractivity contribution in [3.05, 3.63) is 65.2 Å². The van der Waals surface area contributed by atoms with Crippen LogP contribution in [0.4, 0.5) is 0 Å². The van der Waals surface area contributed by atoms with Gasteiger partial charge in [0.2, 0.25) is 15.9 Å². The molecule has 1 saturated heterocycles. The summed E-state index contributed by atoms with van der Waals surface area (Å²) in [6.45, 7) is 3.07. The van der Waals surface area contributed by atoms with E-state index in [0.29, 0.717) is 19.5 Å². The molecule has 3 rings (SSSR count). The second kappa shape index (κ2) is 8.18. The molecule has 1 aliphatic rings. The number of hydrogen-bond acceptors (Lipinski definition) is 5. The normalized spacial score (nSPS) is 19.8. The minimum atomic E-state index is -3.68. The van der Waals surface area contributed by atoms with Crippen LogP contribution in [0.5, 0.6) is 0 Å². The summed E-state index contributed by atoms with van der Waals surface area (Å²) in [7, 11) is -3.68. The molecule has 1 fully saturated rings. The first-order chi connectivity index (χ1) is 12.8. The number of hydrazine groups is 1. The topological polar surface area (TPSA) is 113 Å². The predicted molar refractivity (Wildman–Crippen MR) is 103 cm³/mol. The van der Waals surface area contributed by atoms with Gasteiger partial charge in [0.05, 0.1) is 16.9 Å². The van der Waals surface area contributed by atoms with E-state index in [2.05, 4.69) is 22.2 Å². The summed E-state index contributed by atoms with van der Waals surface area (Å²) in [5, 5.41) is 8.06. The van der Waals surface area contributed by atoms with Crippen LogP contribution in [0.3, 0.4) is 0 Å². The smallest absolute Gasteiger partial charge is 0.238 e. The third-order valence-electron chi connectivity index (χ3n) is 4.68. The van der Waals surface area contributed by atoms with Gasteiger partial charge in [-0.1, -0.05) is 42.0 Å². The second-order valence-electron chi connectivity index (χ2n) is 6.75. The summed E-state index contributed by atoms with van der Waals surface area (Å²) in [6.07, 6.45) is 0.610. The van der Waals surface area contributed by atoms with Crippen molar-refractivity contribution in [2.45, 2.75) is 24.3 Å². The molecule has 2 aromatic rings. The molecule has 7 nitrogen and oxygen atoms in total. The Kier molecular flexibility index (Phi) is 5.91. The molecule has 1 amide bonds. The highest BCUT2D eigenvalue weighted by Crippen LogP contribution is 2.25. The van der Waals surface area contributed by atoms with Crippen LogP contribution in [0, 0.1) is 12.8 Å². The molecular formula is C19H24N4O3S. The van der Waals surface area contributed by atoms with Crippen molar-refractivity contribution in [3.8, 4) is 0 Å². The number of sulfonamides is 1. The molecular weight excluding hydrogens is 364 g/mol. The first-order valence-electron chi connectivity index (χ1n) is 8.79. The Morgan fingerprint density at radius 3 is 2.63 bits per heavy atom. The van der Waals surface area contributed by atoms with Crippen LogP contribution in [0.1, 0.15) is 22.7 Å². The lowest BCUT2D eigenvalue weighted by Gasteiger charge is -2.19. The van der Waals surface area contributed by atoms with Gasteiger partial charge in [-0.05, 0) is 36.6 Å². The average Bonchev–Trinajstić information content (AvgIpc) is 3.11. The highest BCUT2D eigenvalue weighted by atomic mass is 32.2. The zero-order chi connectivity index (χ0) is 19.4. The first kappa shape index (κ1) is 19.5. The van der Waals surface area contributed by atoms with Crippen molar-refractivity contribution >= 4 is 15.9 Å². The molecule has 1 heterocycles. The van der Waals surface area contributed by atoms with Crippen LogP contribution in [0.2, 0.25) is 0 Å². The van der Waals surface area contributed by atoms with Crippen LogP contribution >= 0.6 is 0 Å². The molecule has 0 aliphatic carbocycles. The molecule has 0 spiro atoms. The molecule has 0 aromatic heterocycles. The Hall–Kier alpha value is -2.26. The van der Waals surface area contributed by atoms with Gasteiger partial charge in [0.1, 0.15) is 0 Å². The fourth-order valence-corrected chi connectivity index (χ4v) is 3.74. The number of carbonyl (C=O) groups is 1. The van der Waals surface area contributed by atoms with Crippen molar-refractivity contribution in [3.63, 3.8) is 0 Å². The van der Waals surface area contributed by atoms with Crippen LogP contribution in [0.25, 0.3) is 0 Å². The third kappa shape index (κ3) is 4.92. The summed E-state index contributed by atoms with van der Waals surface area (Å²) in [5.41, 5.74) is 9.42. The number of carbonyl (C=O) groups excluding carboxylic acids is 1. The quantitative estimate of drug-likeness (QED) is 0.584. The van der Waals surface area contributed by atoms with E-state index >= 15 is 0 Å². The van der Waals surface area contributed by atoms with E-state index in [9.17, 15) is 13.2 Å². The fraction of sp³-hybridized carbons (Fsp3) is 0.316. The van der Waals surface area contributed by atoms with Crippen molar-refractivity contribution < 1.29 is 13.2 Å². The van der Waals surface area contributed by atoms with E-state index in [1.807, 2.05) is 25.1 Å². The highest BCUT2D eigenvalue weighted by molar-refractivity contribution is 7.89. The van der Waals surface area contributed by atoms with Crippen molar-refractivity contribution in [2.24, 2.45) is 11.1 Å². The Morgan fingerprint density at radius 2 is 1.96 bits per heavy atom. The lowest BCUT2D eigenvalue weighted by molar-refractivity contribution is -0.124. The maximum atomic E-state index is 12.6. The summed E-state index contributed by atoms with van der Waals surface area (Å²) in [5.74, 6) is -0.211. The van der Waals surface area contributed by atoms with Gasteiger partial charge in [0.15, 0.2) is 0 Å². The number of hydrogen-bond donors (Lipinski definition) is 4. The molecule has 27 heavy (non-hydrogen) atoms. The lowest BCUT2D eigenvalue weighted by Crippen LogP contribution is -2.36. The zero-order valence-corrected chi connectivity index (χ0v) is 15.9. The zero-order valence-electron chi connectivity index (χ0n) is 15.1. The number of primary sulfonamides is 1. The molecule has 5 N–H and O–H groups in total. The molecule has 2 unspecified atom stereocenters. The van der Waals surface area contributed by atoms with Gasteiger partial charge in [0.25, 0.3) is 0 Å². The Labute approximate surface area is 159 Å². The first-order valence-corrected chi connectivity index (χ1v) is 10.3. The minimum absolute atomic E-state index is 0.0137. The van der Waals surface area contributed by atoms with Gasteiger partial charge in [-0.25, -0.2) is 19.0 Å². The Balaban J connectivity index is 1.56. The van der Waals surface area contributed by atoms with Gasteiger partial charge in [-0.3, -0.25) is 10.2 Å². The molecule has 144 valence electrons. The molecule has 0 bridgehead atoms. The van der Waals surface area contributed by atoms with Crippen LogP contribution < -0.4 is 21.3 Å². The van der Waals surface area contributed by atoms with Crippen molar-refractivity contribution in [1.29, 1.82) is 0 Å². The van der Waals surface area contributed by atoms with Gasteiger partial charge in [-0.2, -0.15) is 0 Å². The third-order valence-corrected chi connectivity index (χ3v) is 5.61. The predicted octanol–water partition coefficient (Wildman–Crippen LogP) is 0.766. The maximum Gasteiger partial charge on any atom is 0.238 e. The Morgan fingerprint density at radius 1 is 1.22 bits per heavy atom. The molecule has 0 saturated carbocycles. The number of nitrogens with two attached hydrogens (primary N) is 1. The average molecular weight is 388 g/mol. The van der Waals surface area contributed by atoms with Crippen molar-refractivity contribution in [2.75, 3.05) is 13.1 Å². The lowest BCUT2D eigenvalue weighted by atomic mass is 9.93. The summed E-state index contributed by atoms with van der Waals surface area (Å²) in [6, 6.07) is 14.4. The summed E-state index contributed by atoms with van der Waals surface area (Å²) in [4.78, 5) is 12.7. The van der Waals surface area contributed by atoms with Gasteiger partial charge >= 0.3 is 0 Å². The number of amides is 1. The van der Waals surface area contributed by atoms with Gasteiger partial charge in [-0.15, -0.1) is 0 Å². The van der Waals surface area contributed by atoms with E-state index in [-0.39, 0.29) is 22.8 Å². The fourth-order valence-electron chi connectivity index (χ4n) is 3.23. The van der Waals surface area contributed by atoms with E-state index in [1.54, 1.807) is 12.1 Å².